The topological polar surface area (TPSA) is 30.7 Å². The van der Waals surface area contributed by atoms with Gasteiger partial charge < -0.3 is 4.57 Å². The highest BCUT2D eigenvalue weighted by molar-refractivity contribution is 6.11. The van der Waals surface area contributed by atoms with Crippen LogP contribution in [0.4, 0.5) is 0 Å². The summed E-state index contributed by atoms with van der Waals surface area (Å²) in [6.45, 7) is 4.73. The molecule has 8 aromatic carbocycles. The molecule has 0 amide bonds. The molecule has 2 aromatic heterocycles. The Balaban J connectivity index is 1.12. The van der Waals surface area contributed by atoms with E-state index in [1.807, 2.05) is 24.3 Å². The largest absolute Gasteiger partial charge is 0.309 e. The Bertz CT molecular complexity index is 3100. The van der Waals surface area contributed by atoms with Crippen molar-refractivity contribution < 1.29 is 0 Å². The number of rotatable bonds is 6. The lowest BCUT2D eigenvalue weighted by Gasteiger charge is -2.24. The van der Waals surface area contributed by atoms with Gasteiger partial charge in [0, 0.05) is 38.6 Å². The van der Waals surface area contributed by atoms with E-state index in [2.05, 4.69) is 194 Å². The van der Waals surface area contributed by atoms with Crippen molar-refractivity contribution in [1.29, 1.82) is 0 Å². The van der Waals surface area contributed by atoms with E-state index in [4.69, 9.17) is 9.97 Å². The zero-order chi connectivity index (χ0) is 38.8. The highest BCUT2D eigenvalue weighted by atomic mass is 15.0. The summed E-state index contributed by atoms with van der Waals surface area (Å²) in [7, 11) is 0. The lowest BCUT2D eigenvalue weighted by Crippen LogP contribution is -2.16. The van der Waals surface area contributed by atoms with Gasteiger partial charge in [-0.2, -0.15) is 0 Å². The average Bonchev–Trinajstić information content (AvgIpc) is 3.74. The van der Waals surface area contributed by atoms with Crippen LogP contribution in [0.15, 0.2) is 200 Å². The fourth-order valence-electron chi connectivity index (χ4n) is 9.22. The number of hydrogen-bond donors (Lipinski definition) is 0. The standard InChI is InChI=1S/C55H39N3/c1-55(2)48-24-13-12-21-44(48)46-23-14-22-43(53(46)55)40-28-32-51-47(33-40)45-31-27-41(34-52(45)58(51)42-29-25-37(26-30-42)36-15-6-3-7-16-36)50-35-49(38-17-8-4-9-18-38)56-54(57-50)39-19-10-5-11-20-39/h3-35H,1-2H3. The van der Waals surface area contributed by atoms with Gasteiger partial charge in [0.25, 0.3) is 0 Å². The van der Waals surface area contributed by atoms with Gasteiger partial charge in [0.1, 0.15) is 0 Å². The predicted octanol–water partition coefficient (Wildman–Crippen LogP) is 14.2. The fraction of sp³-hybridized carbons (Fsp3) is 0.0545. The van der Waals surface area contributed by atoms with Crippen LogP contribution < -0.4 is 0 Å². The van der Waals surface area contributed by atoms with Gasteiger partial charge in [0.05, 0.1) is 22.4 Å². The van der Waals surface area contributed by atoms with E-state index in [1.54, 1.807) is 0 Å². The summed E-state index contributed by atoms with van der Waals surface area (Å²) in [6, 6.07) is 71.9. The SMILES string of the molecule is CC1(C)c2ccccc2-c2cccc(-c3ccc4c(c3)c3ccc(-c5cc(-c6ccccc6)nc(-c6ccccc6)n5)cc3n4-c3ccc(-c4ccccc4)cc3)c21. The van der Waals surface area contributed by atoms with Gasteiger partial charge in [-0.1, -0.05) is 178 Å². The molecular weight excluding hydrogens is 703 g/mol. The fourth-order valence-corrected chi connectivity index (χ4v) is 9.22. The van der Waals surface area contributed by atoms with Crippen LogP contribution in [-0.4, -0.2) is 14.5 Å². The second kappa shape index (κ2) is 13.4. The first-order chi connectivity index (χ1) is 28.5. The number of nitrogens with zero attached hydrogens (tertiary/aromatic N) is 3. The van der Waals surface area contributed by atoms with Crippen LogP contribution in [0.25, 0.3) is 94.8 Å². The number of benzene rings is 8. The van der Waals surface area contributed by atoms with Crippen molar-refractivity contribution in [2.75, 3.05) is 0 Å². The summed E-state index contributed by atoms with van der Waals surface area (Å²) in [4.78, 5) is 10.3. The lowest BCUT2D eigenvalue weighted by atomic mass is 9.79. The Hall–Kier alpha value is -7.36. The molecule has 0 saturated heterocycles. The maximum atomic E-state index is 5.21. The van der Waals surface area contributed by atoms with Gasteiger partial charge in [-0.15, -0.1) is 0 Å². The second-order valence-electron chi connectivity index (χ2n) is 15.8. The molecule has 58 heavy (non-hydrogen) atoms. The highest BCUT2D eigenvalue weighted by Gasteiger charge is 2.37. The molecule has 2 heterocycles. The van der Waals surface area contributed by atoms with Gasteiger partial charge in [-0.3, -0.25) is 0 Å². The summed E-state index contributed by atoms with van der Waals surface area (Å²) in [5.41, 5.74) is 18.5. The van der Waals surface area contributed by atoms with Crippen molar-refractivity contribution in [2.45, 2.75) is 19.3 Å². The van der Waals surface area contributed by atoms with Crippen LogP contribution in [0.2, 0.25) is 0 Å². The van der Waals surface area contributed by atoms with Crippen LogP contribution in [0.1, 0.15) is 25.0 Å². The lowest BCUT2D eigenvalue weighted by molar-refractivity contribution is 0.662. The zero-order valence-electron chi connectivity index (χ0n) is 32.4. The van der Waals surface area contributed by atoms with Crippen molar-refractivity contribution >= 4 is 21.8 Å². The van der Waals surface area contributed by atoms with Crippen molar-refractivity contribution in [3.63, 3.8) is 0 Å². The zero-order valence-corrected chi connectivity index (χ0v) is 32.4. The van der Waals surface area contributed by atoms with Crippen molar-refractivity contribution in [3.05, 3.63) is 211 Å². The third-order valence-electron chi connectivity index (χ3n) is 12.0. The summed E-state index contributed by atoms with van der Waals surface area (Å²) in [5.74, 6) is 0.708. The Morgan fingerprint density at radius 2 is 0.948 bits per heavy atom. The van der Waals surface area contributed by atoms with E-state index in [0.29, 0.717) is 5.82 Å². The maximum Gasteiger partial charge on any atom is 0.160 e. The van der Waals surface area contributed by atoms with Crippen molar-refractivity contribution in [2.24, 2.45) is 0 Å². The number of fused-ring (bicyclic) bond motifs is 6. The van der Waals surface area contributed by atoms with Crippen molar-refractivity contribution in [1.82, 2.24) is 14.5 Å². The van der Waals surface area contributed by atoms with Gasteiger partial charge in [-0.05, 0) is 80.9 Å². The van der Waals surface area contributed by atoms with E-state index in [0.717, 1.165) is 44.8 Å². The first-order valence-corrected chi connectivity index (χ1v) is 20.0. The summed E-state index contributed by atoms with van der Waals surface area (Å²) in [5, 5.41) is 2.42. The quantitative estimate of drug-likeness (QED) is 0.170. The molecule has 1 aliphatic carbocycles. The van der Waals surface area contributed by atoms with Gasteiger partial charge in [0.15, 0.2) is 5.82 Å². The Labute approximate surface area is 338 Å². The van der Waals surface area contributed by atoms with E-state index in [1.165, 1.54) is 55.3 Å². The Kier molecular flexibility index (Phi) is 7.84. The molecule has 0 atom stereocenters. The molecule has 3 nitrogen and oxygen atoms in total. The molecule has 0 N–H and O–H groups in total. The summed E-state index contributed by atoms with van der Waals surface area (Å²) >= 11 is 0. The highest BCUT2D eigenvalue weighted by Crippen LogP contribution is 2.52. The molecular formula is C55H39N3. The maximum absolute atomic E-state index is 5.21. The number of aromatic nitrogens is 3. The third kappa shape index (κ3) is 5.50. The molecule has 0 aliphatic heterocycles. The number of hydrogen-bond acceptors (Lipinski definition) is 2. The van der Waals surface area contributed by atoms with Crippen LogP contribution in [0.5, 0.6) is 0 Å². The van der Waals surface area contributed by atoms with E-state index < -0.39 is 0 Å². The monoisotopic (exact) mass is 741 g/mol. The predicted molar refractivity (Wildman–Crippen MR) is 241 cm³/mol. The molecule has 0 radical (unpaired) electrons. The van der Waals surface area contributed by atoms with E-state index in [9.17, 15) is 0 Å². The van der Waals surface area contributed by atoms with Gasteiger partial charge in [-0.25, -0.2) is 9.97 Å². The molecule has 0 spiro atoms. The molecule has 1 aliphatic rings. The normalized spacial score (nSPS) is 12.8. The molecule has 11 rings (SSSR count). The molecule has 0 saturated carbocycles. The van der Waals surface area contributed by atoms with Gasteiger partial charge in [0.2, 0.25) is 0 Å². The van der Waals surface area contributed by atoms with E-state index in [-0.39, 0.29) is 5.41 Å². The molecule has 0 fully saturated rings. The minimum Gasteiger partial charge on any atom is -0.309 e. The summed E-state index contributed by atoms with van der Waals surface area (Å²) < 4.78 is 2.42. The minimum absolute atomic E-state index is 0.115. The van der Waals surface area contributed by atoms with Gasteiger partial charge >= 0.3 is 0 Å². The molecule has 10 aromatic rings. The molecule has 0 bridgehead atoms. The summed E-state index contributed by atoms with van der Waals surface area (Å²) in [6.07, 6.45) is 0. The Morgan fingerprint density at radius 3 is 1.69 bits per heavy atom. The average molecular weight is 742 g/mol. The third-order valence-corrected chi connectivity index (χ3v) is 12.0. The van der Waals surface area contributed by atoms with Crippen LogP contribution in [-0.2, 0) is 5.41 Å². The molecule has 274 valence electrons. The first kappa shape index (κ1) is 33.9. The van der Waals surface area contributed by atoms with E-state index >= 15 is 0 Å². The van der Waals surface area contributed by atoms with Crippen molar-refractivity contribution in [3.8, 4) is 73.0 Å². The smallest absolute Gasteiger partial charge is 0.160 e. The Morgan fingerprint density at radius 1 is 0.379 bits per heavy atom. The minimum atomic E-state index is -0.115. The first-order valence-electron chi connectivity index (χ1n) is 20.0. The molecule has 0 unspecified atom stereocenters. The second-order valence-corrected chi connectivity index (χ2v) is 15.8. The van der Waals surface area contributed by atoms with Crippen LogP contribution in [0, 0.1) is 0 Å². The van der Waals surface area contributed by atoms with Crippen LogP contribution in [0.3, 0.4) is 0 Å². The van der Waals surface area contributed by atoms with Crippen LogP contribution >= 0.6 is 0 Å². The molecule has 3 heteroatoms.